The Morgan fingerprint density at radius 2 is 2.03 bits per heavy atom. The summed E-state index contributed by atoms with van der Waals surface area (Å²) in [6, 6.07) is 13.8. The summed E-state index contributed by atoms with van der Waals surface area (Å²) in [4.78, 5) is 15.2. The van der Waals surface area contributed by atoms with E-state index in [-0.39, 0.29) is 18.1 Å². The molecule has 1 saturated heterocycles. The number of fused-ring (bicyclic) bond motifs is 5. The van der Waals surface area contributed by atoms with Crippen molar-refractivity contribution in [3.05, 3.63) is 53.6 Å². The molecule has 34 heavy (non-hydrogen) atoms. The van der Waals surface area contributed by atoms with Crippen molar-refractivity contribution in [3.8, 4) is 17.2 Å². The number of benzene rings is 2. The molecule has 0 unspecified atom stereocenters. The zero-order valence-corrected chi connectivity index (χ0v) is 20.0. The van der Waals surface area contributed by atoms with Gasteiger partial charge in [-0.2, -0.15) is 0 Å². The van der Waals surface area contributed by atoms with E-state index in [0.717, 1.165) is 42.8 Å². The molecule has 2 atom stereocenters. The first-order chi connectivity index (χ1) is 16.6. The van der Waals surface area contributed by atoms with Crippen LogP contribution >= 0.6 is 0 Å². The van der Waals surface area contributed by atoms with E-state index in [1.807, 2.05) is 42.5 Å². The molecule has 2 aromatic rings. The highest BCUT2D eigenvalue weighted by molar-refractivity contribution is 5.78. The van der Waals surface area contributed by atoms with Gasteiger partial charge in [0.15, 0.2) is 11.5 Å². The maximum Gasteiger partial charge on any atom is 0.234 e. The summed E-state index contributed by atoms with van der Waals surface area (Å²) in [7, 11) is 3.33. The fraction of sp³-hybridized carbons (Fsp3) is 0.500. The van der Waals surface area contributed by atoms with Gasteiger partial charge in [0.05, 0.1) is 32.4 Å². The largest absolute Gasteiger partial charge is 0.493 e. The van der Waals surface area contributed by atoms with Gasteiger partial charge in [0.2, 0.25) is 5.91 Å². The Morgan fingerprint density at radius 1 is 1.12 bits per heavy atom. The number of nitrogens with zero attached hydrogens (tertiary/aromatic N) is 1. The highest BCUT2D eigenvalue weighted by Crippen LogP contribution is 2.33. The van der Waals surface area contributed by atoms with Crippen LogP contribution in [0.5, 0.6) is 17.2 Å². The third kappa shape index (κ3) is 6.70. The van der Waals surface area contributed by atoms with Gasteiger partial charge < -0.3 is 29.6 Å². The second kappa shape index (κ2) is 12.2. The molecule has 4 bridgehead atoms. The van der Waals surface area contributed by atoms with Gasteiger partial charge in [0.1, 0.15) is 5.75 Å². The van der Waals surface area contributed by atoms with Gasteiger partial charge in [-0.3, -0.25) is 9.69 Å². The van der Waals surface area contributed by atoms with E-state index < -0.39 is 0 Å². The molecular weight excluding hydrogens is 434 g/mol. The highest BCUT2D eigenvalue weighted by atomic mass is 16.5. The van der Waals surface area contributed by atoms with Crippen LogP contribution in [-0.2, 0) is 27.4 Å². The first-order valence-electron chi connectivity index (χ1n) is 11.9. The van der Waals surface area contributed by atoms with Gasteiger partial charge in [0.25, 0.3) is 0 Å². The molecule has 2 heterocycles. The third-order valence-electron chi connectivity index (χ3n) is 6.18. The van der Waals surface area contributed by atoms with Gasteiger partial charge in [-0.25, -0.2) is 0 Å². The first-order valence-corrected chi connectivity index (χ1v) is 11.9. The molecule has 0 aliphatic carbocycles. The predicted molar refractivity (Wildman–Crippen MR) is 129 cm³/mol. The normalized spacial score (nSPS) is 21.8. The van der Waals surface area contributed by atoms with E-state index in [1.165, 1.54) is 0 Å². The quantitative estimate of drug-likeness (QED) is 0.652. The monoisotopic (exact) mass is 469 g/mol. The Labute approximate surface area is 201 Å². The first kappa shape index (κ1) is 24.5. The molecule has 0 aromatic heterocycles. The van der Waals surface area contributed by atoms with Gasteiger partial charge in [-0.1, -0.05) is 18.2 Å². The van der Waals surface area contributed by atoms with E-state index in [2.05, 4.69) is 15.5 Å². The van der Waals surface area contributed by atoms with Crippen molar-refractivity contribution in [3.63, 3.8) is 0 Å². The van der Waals surface area contributed by atoms with Crippen molar-refractivity contribution in [1.29, 1.82) is 0 Å². The van der Waals surface area contributed by atoms with Crippen LogP contribution in [-0.4, -0.2) is 70.0 Å². The standard InChI is InChI=1S/C26H35N3O5/c1-31-12-4-11-29-16-19-7-8-24(32-2)25(14-19)34-21-6-3-5-20(13-21)18-33-23-9-10-27-15-22(23)28-26(30)17-29/h3,5-8,13-14,22-23,27H,4,9-12,15-18H2,1-2H3,(H,28,30)/t22-,23+/m0/s1. The maximum absolute atomic E-state index is 13.0. The van der Waals surface area contributed by atoms with Crippen LogP contribution in [0.3, 0.4) is 0 Å². The highest BCUT2D eigenvalue weighted by Gasteiger charge is 2.28. The fourth-order valence-electron chi connectivity index (χ4n) is 4.47. The Morgan fingerprint density at radius 3 is 2.88 bits per heavy atom. The molecular formula is C26H35N3O5. The summed E-state index contributed by atoms with van der Waals surface area (Å²) >= 11 is 0. The lowest BCUT2D eigenvalue weighted by molar-refractivity contribution is -0.125. The predicted octanol–water partition coefficient (Wildman–Crippen LogP) is 2.70. The average Bonchev–Trinajstić information content (AvgIpc) is 2.83. The van der Waals surface area contributed by atoms with Crippen LogP contribution in [0, 0.1) is 0 Å². The summed E-state index contributed by atoms with van der Waals surface area (Å²) in [5.41, 5.74) is 2.07. The molecule has 2 aliphatic heterocycles. The lowest BCUT2D eigenvalue weighted by atomic mass is 10.0. The molecule has 1 fully saturated rings. The maximum atomic E-state index is 13.0. The lowest BCUT2D eigenvalue weighted by Gasteiger charge is -2.33. The molecule has 1 amide bonds. The minimum absolute atomic E-state index is 0.00112. The number of ether oxygens (including phenoxy) is 4. The van der Waals surface area contributed by atoms with Crippen LogP contribution in [0.1, 0.15) is 24.0 Å². The van der Waals surface area contributed by atoms with E-state index in [0.29, 0.717) is 44.3 Å². The average molecular weight is 470 g/mol. The number of rotatable bonds is 5. The molecule has 2 aromatic carbocycles. The number of amides is 1. The van der Waals surface area contributed by atoms with Crippen LogP contribution in [0.15, 0.2) is 42.5 Å². The number of hydrogen-bond donors (Lipinski definition) is 2. The number of methoxy groups -OCH3 is 2. The van der Waals surface area contributed by atoms with Gasteiger partial charge >= 0.3 is 0 Å². The summed E-state index contributed by atoms with van der Waals surface area (Å²) < 4.78 is 23.3. The molecule has 0 radical (unpaired) electrons. The van der Waals surface area contributed by atoms with Crippen molar-refractivity contribution in [2.24, 2.45) is 0 Å². The second-order valence-electron chi connectivity index (χ2n) is 8.81. The van der Waals surface area contributed by atoms with Gasteiger partial charge in [-0.05, 0) is 54.8 Å². The van der Waals surface area contributed by atoms with Crippen molar-refractivity contribution in [2.75, 3.05) is 47.0 Å². The summed E-state index contributed by atoms with van der Waals surface area (Å²) in [5, 5.41) is 6.58. The van der Waals surface area contributed by atoms with Crippen LogP contribution in [0.4, 0.5) is 0 Å². The number of hydrogen-bond acceptors (Lipinski definition) is 7. The number of piperidine rings is 1. The third-order valence-corrected chi connectivity index (χ3v) is 6.18. The molecule has 0 spiro atoms. The molecule has 0 saturated carbocycles. The topological polar surface area (TPSA) is 81.3 Å². The second-order valence-corrected chi connectivity index (χ2v) is 8.81. The number of nitrogens with one attached hydrogen (secondary N) is 2. The molecule has 4 rings (SSSR count). The van der Waals surface area contributed by atoms with Crippen LogP contribution in [0.2, 0.25) is 0 Å². The molecule has 2 aliphatic rings. The van der Waals surface area contributed by atoms with Crippen molar-refractivity contribution < 1.29 is 23.7 Å². The molecule has 8 nitrogen and oxygen atoms in total. The van der Waals surface area contributed by atoms with E-state index in [1.54, 1.807) is 14.2 Å². The molecule has 2 N–H and O–H groups in total. The Hall–Kier alpha value is -2.65. The van der Waals surface area contributed by atoms with E-state index >= 15 is 0 Å². The zero-order chi connectivity index (χ0) is 23.8. The van der Waals surface area contributed by atoms with E-state index in [4.69, 9.17) is 18.9 Å². The van der Waals surface area contributed by atoms with E-state index in [9.17, 15) is 4.79 Å². The zero-order valence-electron chi connectivity index (χ0n) is 20.0. The Balaban J connectivity index is 1.63. The number of carbonyl (C=O) groups is 1. The molecule has 184 valence electrons. The lowest BCUT2D eigenvalue weighted by Crippen LogP contribution is -2.56. The van der Waals surface area contributed by atoms with Gasteiger partial charge in [-0.15, -0.1) is 0 Å². The summed E-state index contributed by atoms with van der Waals surface area (Å²) in [6.07, 6.45) is 1.64. The molecule has 8 heteroatoms. The fourth-order valence-corrected chi connectivity index (χ4v) is 4.47. The van der Waals surface area contributed by atoms with Crippen molar-refractivity contribution in [1.82, 2.24) is 15.5 Å². The van der Waals surface area contributed by atoms with Crippen molar-refractivity contribution in [2.45, 2.75) is 38.1 Å². The minimum atomic E-state index is -0.0676. The SMILES string of the molecule is COCCCN1CC(=O)N[C@H]2CNCC[C@H]2OCc2cccc(c2)Oc2cc(ccc2OC)C1. The summed E-state index contributed by atoms with van der Waals surface area (Å²) in [5.74, 6) is 2.03. The van der Waals surface area contributed by atoms with Crippen LogP contribution in [0.25, 0.3) is 0 Å². The van der Waals surface area contributed by atoms with Gasteiger partial charge in [0, 0.05) is 33.4 Å². The number of carbonyl (C=O) groups excluding carboxylic acids is 1. The Bertz CT molecular complexity index is 954. The summed E-state index contributed by atoms with van der Waals surface area (Å²) in [6.45, 7) is 4.33. The Kier molecular flexibility index (Phi) is 8.76. The smallest absolute Gasteiger partial charge is 0.234 e. The van der Waals surface area contributed by atoms with Crippen molar-refractivity contribution >= 4 is 5.91 Å². The van der Waals surface area contributed by atoms with Crippen LogP contribution < -0.4 is 20.1 Å². The minimum Gasteiger partial charge on any atom is -0.493 e.